The zero-order valence-corrected chi connectivity index (χ0v) is 12.9. The van der Waals surface area contributed by atoms with Gasteiger partial charge in [0.2, 0.25) is 10.0 Å². The van der Waals surface area contributed by atoms with Gasteiger partial charge in [-0.15, -0.1) is 0 Å². The topological polar surface area (TPSA) is 86.7 Å². The molecule has 0 radical (unpaired) electrons. The lowest BCUT2D eigenvalue weighted by Gasteiger charge is -2.10. The van der Waals surface area contributed by atoms with E-state index in [2.05, 4.69) is 4.72 Å². The largest absolute Gasteiger partial charge is 0.478 e. The van der Waals surface area contributed by atoms with Crippen molar-refractivity contribution in [1.29, 1.82) is 0 Å². The van der Waals surface area contributed by atoms with Crippen molar-refractivity contribution in [2.24, 2.45) is 0 Å². The molecule has 0 saturated heterocycles. The third-order valence-corrected chi connectivity index (χ3v) is 4.16. The first-order valence-corrected chi connectivity index (χ1v) is 7.95. The van der Waals surface area contributed by atoms with Gasteiger partial charge < -0.3 is 10.0 Å². The van der Waals surface area contributed by atoms with Crippen molar-refractivity contribution in [1.82, 2.24) is 9.62 Å². The van der Waals surface area contributed by atoms with Crippen LogP contribution in [0.25, 0.3) is 6.08 Å². The number of benzene rings is 1. The third-order valence-electron chi connectivity index (χ3n) is 2.68. The SMILES string of the molecule is CN(C)CCCNS(=O)(=O)c1ccc(/C=C/C(=O)O)cc1. The van der Waals surface area contributed by atoms with Crippen LogP contribution >= 0.6 is 0 Å². The number of carboxylic acid groups (broad SMARTS) is 1. The summed E-state index contributed by atoms with van der Waals surface area (Å²) in [5.74, 6) is -1.05. The van der Waals surface area contributed by atoms with Gasteiger partial charge in [-0.3, -0.25) is 0 Å². The molecule has 1 aromatic carbocycles. The molecule has 21 heavy (non-hydrogen) atoms. The van der Waals surface area contributed by atoms with Crippen LogP contribution in [-0.2, 0) is 14.8 Å². The Kier molecular flexibility index (Phi) is 6.54. The summed E-state index contributed by atoms with van der Waals surface area (Å²) in [5.41, 5.74) is 0.629. The van der Waals surface area contributed by atoms with E-state index in [4.69, 9.17) is 5.11 Å². The highest BCUT2D eigenvalue weighted by molar-refractivity contribution is 7.89. The van der Waals surface area contributed by atoms with E-state index in [0.29, 0.717) is 12.1 Å². The first kappa shape index (κ1) is 17.4. The van der Waals surface area contributed by atoms with Gasteiger partial charge in [-0.25, -0.2) is 17.9 Å². The minimum absolute atomic E-state index is 0.167. The maximum atomic E-state index is 12.0. The van der Waals surface area contributed by atoms with Gasteiger partial charge in [-0.2, -0.15) is 0 Å². The second kappa shape index (κ2) is 7.92. The van der Waals surface area contributed by atoms with Crippen molar-refractivity contribution in [3.05, 3.63) is 35.9 Å². The van der Waals surface area contributed by atoms with E-state index < -0.39 is 16.0 Å². The van der Waals surface area contributed by atoms with E-state index in [1.165, 1.54) is 18.2 Å². The molecule has 0 bridgehead atoms. The highest BCUT2D eigenvalue weighted by Gasteiger charge is 2.12. The predicted molar refractivity (Wildman–Crippen MR) is 81.5 cm³/mol. The van der Waals surface area contributed by atoms with Crippen LogP contribution in [0.1, 0.15) is 12.0 Å². The Morgan fingerprint density at radius 1 is 1.29 bits per heavy atom. The van der Waals surface area contributed by atoms with Gasteiger partial charge in [-0.1, -0.05) is 12.1 Å². The first-order chi connectivity index (χ1) is 9.81. The van der Waals surface area contributed by atoms with Crippen LogP contribution in [0.15, 0.2) is 35.2 Å². The van der Waals surface area contributed by atoms with E-state index in [1.807, 2.05) is 19.0 Å². The molecule has 7 heteroatoms. The molecule has 0 atom stereocenters. The van der Waals surface area contributed by atoms with Crippen molar-refractivity contribution in [3.63, 3.8) is 0 Å². The lowest BCUT2D eigenvalue weighted by molar-refractivity contribution is -0.131. The summed E-state index contributed by atoms with van der Waals surface area (Å²) in [5, 5.41) is 8.52. The fourth-order valence-electron chi connectivity index (χ4n) is 1.61. The van der Waals surface area contributed by atoms with E-state index in [1.54, 1.807) is 12.1 Å². The Bertz CT molecular complexity index is 592. The van der Waals surface area contributed by atoms with Gasteiger partial charge in [0.1, 0.15) is 0 Å². The average molecular weight is 312 g/mol. The number of sulfonamides is 1. The number of hydrogen-bond donors (Lipinski definition) is 2. The molecule has 6 nitrogen and oxygen atoms in total. The summed E-state index contributed by atoms with van der Waals surface area (Å²) in [4.78, 5) is 12.5. The Balaban J connectivity index is 2.65. The predicted octanol–water partition coefficient (Wildman–Crippen LogP) is 1.01. The van der Waals surface area contributed by atoms with Crippen LogP contribution in [0.4, 0.5) is 0 Å². The quantitative estimate of drug-likeness (QED) is 0.553. The van der Waals surface area contributed by atoms with E-state index >= 15 is 0 Å². The Labute approximate surface area is 125 Å². The zero-order chi connectivity index (χ0) is 15.9. The molecule has 0 aliphatic rings. The van der Waals surface area contributed by atoms with Crippen LogP contribution < -0.4 is 4.72 Å². The first-order valence-electron chi connectivity index (χ1n) is 6.47. The Hall–Kier alpha value is -1.70. The molecule has 0 aliphatic heterocycles. The monoisotopic (exact) mass is 312 g/mol. The highest BCUT2D eigenvalue weighted by Crippen LogP contribution is 2.11. The highest BCUT2D eigenvalue weighted by atomic mass is 32.2. The smallest absolute Gasteiger partial charge is 0.328 e. The Morgan fingerprint density at radius 2 is 1.90 bits per heavy atom. The van der Waals surface area contributed by atoms with Crippen molar-refractivity contribution >= 4 is 22.1 Å². The number of carbonyl (C=O) groups is 1. The number of hydrogen-bond acceptors (Lipinski definition) is 4. The maximum absolute atomic E-state index is 12.0. The summed E-state index contributed by atoms with van der Waals surface area (Å²) in [6, 6.07) is 6.03. The van der Waals surface area contributed by atoms with E-state index in [9.17, 15) is 13.2 Å². The standard InChI is InChI=1S/C14H20N2O4S/c1-16(2)11-3-10-15-21(19,20)13-7-4-12(5-8-13)6-9-14(17)18/h4-9,15H,3,10-11H2,1-2H3,(H,17,18)/b9-6+. The summed E-state index contributed by atoms with van der Waals surface area (Å²) >= 11 is 0. The van der Waals surface area contributed by atoms with Gasteiger partial charge in [0.15, 0.2) is 0 Å². The molecule has 0 aromatic heterocycles. The van der Waals surface area contributed by atoms with Crippen molar-refractivity contribution in [2.45, 2.75) is 11.3 Å². The lowest BCUT2D eigenvalue weighted by atomic mass is 10.2. The summed E-state index contributed by atoms with van der Waals surface area (Å²) < 4.78 is 26.6. The number of nitrogens with one attached hydrogen (secondary N) is 1. The molecule has 1 rings (SSSR count). The van der Waals surface area contributed by atoms with Gasteiger partial charge in [0, 0.05) is 12.6 Å². The molecule has 0 aliphatic carbocycles. The van der Waals surface area contributed by atoms with Crippen LogP contribution in [0.2, 0.25) is 0 Å². The molecular weight excluding hydrogens is 292 g/mol. The fraction of sp³-hybridized carbons (Fsp3) is 0.357. The van der Waals surface area contributed by atoms with Crippen molar-refractivity contribution < 1.29 is 18.3 Å². The molecule has 0 spiro atoms. The summed E-state index contributed by atoms with van der Waals surface area (Å²) in [6.07, 6.45) is 3.14. The molecule has 116 valence electrons. The molecule has 0 unspecified atom stereocenters. The van der Waals surface area contributed by atoms with Crippen molar-refractivity contribution in [3.8, 4) is 0 Å². The lowest BCUT2D eigenvalue weighted by Crippen LogP contribution is -2.27. The molecule has 1 aromatic rings. The van der Waals surface area contributed by atoms with Gasteiger partial charge in [-0.05, 0) is 50.8 Å². The van der Waals surface area contributed by atoms with Crippen LogP contribution in [0, 0.1) is 0 Å². The molecule has 0 saturated carbocycles. The summed E-state index contributed by atoms with van der Waals surface area (Å²) in [7, 11) is 0.342. The second-order valence-corrected chi connectivity index (χ2v) is 6.56. The maximum Gasteiger partial charge on any atom is 0.328 e. The number of rotatable bonds is 8. The normalized spacial score (nSPS) is 12.1. The summed E-state index contributed by atoms with van der Waals surface area (Å²) in [6.45, 7) is 1.18. The zero-order valence-electron chi connectivity index (χ0n) is 12.1. The minimum Gasteiger partial charge on any atom is -0.478 e. The molecule has 0 fully saturated rings. The van der Waals surface area contributed by atoms with Crippen molar-refractivity contribution in [2.75, 3.05) is 27.2 Å². The van der Waals surface area contributed by atoms with Gasteiger partial charge in [0.25, 0.3) is 0 Å². The molecule has 0 amide bonds. The Morgan fingerprint density at radius 3 is 2.43 bits per heavy atom. The third kappa shape index (κ3) is 6.52. The van der Waals surface area contributed by atoms with Crippen LogP contribution in [-0.4, -0.2) is 51.6 Å². The molecular formula is C14H20N2O4S. The van der Waals surface area contributed by atoms with Crippen LogP contribution in [0.3, 0.4) is 0 Å². The van der Waals surface area contributed by atoms with E-state index in [0.717, 1.165) is 19.0 Å². The van der Waals surface area contributed by atoms with E-state index in [-0.39, 0.29) is 4.90 Å². The number of aliphatic carboxylic acids is 1. The molecule has 2 N–H and O–H groups in total. The average Bonchev–Trinajstić information content (AvgIpc) is 2.41. The number of nitrogens with zero attached hydrogens (tertiary/aromatic N) is 1. The minimum atomic E-state index is -3.52. The van der Waals surface area contributed by atoms with Gasteiger partial charge >= 0.3 is 5.97 Å². The number of carboxylic acids is 1. The second-order valence-electron chi connectivity index (χ2n) is 4.80. The van der Waals surface area contributed by atoms with Gasteiger partial charge in [0.05, 0.1) is 4.90 Å². The van der Waals surface area contributed by atoms with Crippen LogP contribution in [0.5, 0.6) is 0 Å². The fourth-order valence-corrected chi connectivity index (χ4v) is 2.68. The molecule has 0 heterocycles.